The lowest BCUT2D eigenvalue weighted by Gasteiger charge is -2.13. The summed E-state index contributed by atoms with van der Waals surface area (Å²) in [7, 11) is 1.69. The number of hydrogen-bond donors (Lipinski definition) is 0. The van der Waals surface area contributed by atoms with E-state index in [4.69, 9.17) is 9.15 Å². The summed E-state index contributed by atoms with van der Waals surface area (Å²) in [6.45, 7) is 0. The fraction of sp³-hybridized carbons (Fsp3) is 0.227. The van der Waals surface area contributed by atoms with Crippen LogP contribution >= 0.6 is 0 Å². The topological polar surface area (TPSA) is 20.5 Å². The van der Waals surface area contributed by atoms with Crippen molar-refractivity contribution in [3.8, 4) is 28.2 Å². The fourth-order valence-corrected chi connectivity index (χ4v) is 3.43. The van der Waals surface area contributed by atoms with E-state index in [-0.39, 0.29) is 0 Å². The molecule has 0 N–H and O–H groups in total. The van der Waals surface area contributed by atoms with Gasteiger partial charge in [0.25, 0.3) is 0 Å². The molecule has 0 fully saturated rings. The molecule has 0 unspecified atom stereocenters. The number of benzene rings is 2. The highest BCUT2D eigenvalue weighted by Gasteiger charge is 2.27. The van der Waals surface area contributed by atoms with Gasteiger partial charge in [0, 0.05) is 5.56 Å². The summed E-state index contributed by atoms with van der Waals surface area (Å²) >= 11 is 0. The molecule has 0 spiro atoms. The van der Waals surface area contributed by atoms with Crippen LogP contribution < -0.4 is 4.74 Å². The lowest BCUT2D eigenvalue weighted by atomic mass is 9.89. The third kappa shape index (κ3) is 2.80. The summed E-state index contributed by atoms with van der Waals surface area (Å²) < 4.78 is 11.5. The van der Waals surface area contributed by atoms with Crippen LogP contribution in [0, 0.1) is 0 Å². The van der Waals surface area contributed by atoms with Crippen LogP contribution in [-0.4, -0.2) is 7.11 Å². The zero-order chi connectivity index (χ0) is 16.4. The molecule has 1 aromatic heterocycles. The molecule has 0 aliphatic heterocycles. The fourth-order valence-electron chi connectivity index (χ4n) is 3.43. The van der Waals surface area contributed by atoms with Crippen LogP contribution in [0.25, 0.3) is 22.5 Å². The van der Waals surface area contributed by atoms with Crippen molar-refractivity contribution in [3.63, 3.8) is 0 Å². The minimum absolute atomic E-state index is 0.861. The van der Waals surface area contributed by atoms with Gasteiger partial charge in [-0.15, -0.1) is 0 Å². The first kappa shape index (κ1) is 14.9. The lowest BCUT2D eigenvalue weighted by Crippen LogP contribution is -2.05. The van der Waals surface area contributed by atoms with Crippen LogP contribution in [0.4, 0.5) is 0 Å². The number of rotatable bonds is 3. The van der Waals surface area contributed by atoms with E-state index in [1.165, 1.54) is 29.5 Å². The molecule has 4 rings (SSSR count). The van der Waals surface area contributed by atoms with Crippen molar-refractivity contribution >= 4 is 0 Å². The highest BCUT2D eigenvalue weighted by molar-refractivity contribution is 5.73. The minimum Gasteiger partial charge on any atom is -0.497 e. The third-order valence-electron chi connectivity index (χ3n) is 4.71. The van der Waals surface area contributed by atoms with Gasteiger partial charge in [-0.2, -0.15) is 0 Å². The van der Waals surface area contributed by atoms with Gasteiger partial charge in [-0.1, -0.05) is 30.3 Å². The zero-order valence-electron chi connectivity index (χ0n) is 13.9. The third-order valence-corrected chi connectivity index (χ3v) is 4.71. The van der Waals surface area contributed by atoms with Crippen molar-refractivity contribution in [1.29, 1.82) is 0 Å². The summed E-state index contributed by atoms with van der Waals surface area (Å²) in [6.07, 6.45) is 4.58. The van der Waals surface area contributed by atoms with Crippen molar-refractivity contribution in [3.05, 3.63) is 72.0 Å². The normalized spacial score (nSPS) is 13.4. The second-order valence-corrected chi connectivity index (χ2v) is 6.23. The number of methoxy groups -OCH3 is 1. The average molecular weight is 317 g/mol. The Bertz CT molecular complexity index is 836. The van der Waals surface area contributed by atoms with E-state index in [1.807, 2.05) is 12.1 Å². The zero-order valence-corrected chi connectivity index (χ0v) is 13.9. The maximum atomic E-state index is 6.28. The van der Waals surface area contributed by atoms with Crippen LogP contribution in [0.15, 0.2) is 65.1 Å². The molecule has 1 heterocycles. The van der Waals surface area contributed by atoms with Gasteiger partial charge in [0.2, 0.25) is 0 Å². The lowest BCUT2D eigenvalue weighted by molar-refractivity contribution is 0.414. The van der Waals surface area contributed by atoms with Gasteiger partial charge in [-0.05, 0) is 49.1 Å². The van der Waals surface area contributed by atoms with E-state index in [0.29, 0.717) is 0 Å². The summed E-state index contributed by atoms with van der Waals surface area (Å²) in [5.41, 5.74) is 5.04. The summed E-state index contributed by atoms with van der Waals surface area (Å²) in [4.78, 5) is 0. The van der Waals surface area contributed by atoms with Crippen LogP contribution in [0.5, 0.6) is 5.75 Å². The largest absolute Gasteiger partial charge is 0.497 e. The Kier molecular flexibility index (Phi) is 4.04. The molecule has 0 amide bonds. The van der Waals surface area contributed by atoms with Crippen molar-refractivity contribution < 1.29 is 9.15 Å². The molecule has 0 saturated heterocycles. The number of hydrogen-bond acceptors (Lipinski definition) is 1. The summed E-state index contributed by atoms with van der Waals surface area (Å²) in [5.74, 6) is 2.94. The van der Waals surface area contributed by atoms with Gasteiger partial charge in [-0.25, -0.2) is 4.42 Å². The van der Waals surface area contributed by atoms with Crippen molar-refractivity contribution in [1.82, 2.24) is 0 Å². The van der Waals surface area contributed by atoms with Gasteiger partial charge >= 0.3 is 11.5 Å². The van der Waals surface area contributed by atoms with Crippen LogP contribution in [-0.2, 0) is 12.8 Å². The van der Waals surface area contributed by atoms with Crippen LogP contribution in [0.3, 0.4) is 0 Å². The highest BCUT2D eigenvalue weighted by atomic mass is 16.5. The molecule has 120 valence electrons. The smallest absolute Gasteiger partial charge is 0.360 e. The monoisotopic (exact) mass is 317 g/mol. The SMILES string of the molecule is COc1ccc(-c2cc(-c3ccccc3)c3c([o+]2)CCCC3)cc1. The van der Waals surface area contributed by atoms with Gasteiger partial charge in [0.05, 0.1) is 30.7 Å². The van der Waals surface area contributed by atoms with Gasteiger partial charge in [0.15, 0.2) is 0 Å². The standard InChI is InChI=1S/C22H21O2/c1-23-18-13-11-17(12-14-18)22-15-20(16-7-3-2-4-8-16)19-9-5-6-10-21(19)24-22/h2-4,7-8,11-15H,5-6,9-10H2,1H3/q+1. The Morgan fingerprint density at radius 3 is 2.33 bits per heavy atom. The van der Waals surface area contributed by atoms with Crippen molar-refractivity contribution in [2.75, 3.05) is 7.11 Å². The van der Waals surface area contributed by atoms with E-state index < -0.39 is 0 Å². The second kappa shape index (κ2) is 6.48. The molecule has 2 heteroatoms. The summed E-state index contributed by atoms with van der Waals surface area (Å²) in [5, 5.41) is 0. The molecule has 2 aromatic carbocycles. The van der Waals surface area contributed by atoms with E-state index in [1.54, 1.807) is 7.11 Å². The highest BCUT2D eigenvalue weighted by Crippen LogP contribution is 2.36. The van der Waals surface area contributed by atoms with Gasteiger partial charge < -0.3 is 4.74 Å². The van der Waals surface area contributed by atoms with Crippen LogP contribution in [0.1, 0.15) is 24.2 Å². The second-order valence-electron chi connectivity index (χ2n) is 6.23. The van der Waals surface area contributed by atoms with Gasteiger partial charge in [0.1, 0.15) is 5.75 Å². The molecule has 1 aliphatic rings. The van der Waals surface area contributed by atoms with Crippen molar-refractivity contribution in [2.45, 2.75) is 25.7 Å². The first-order valence-corrected chi connectivity index (χ1v) is 8.54. The number of ether oxygens (including phenoxy) is 1. The Morgan fingerprint density at radius 2 is 1.58 bits per heavy atom. The van der Waals surface area contributed by atoms with E-state index in [0.717, 1.165) is 35.7 Å². The maximum Gasteiger partial charge on any atom is 0.360 e. The molecule has 2 nitrogen and oxygen atoms in total. The molecule has 24 heavy (non-hydrogen) atoms. The average Bonchev–Trinajstić information content (AvgIpc) is 2.68. The first-order chi connectivity index (χ1) is 11.8. The predicted octanol–water partition coefficient (Wildman–Crippen LogP) is 5.78. The molecule has 0 saturated carbocycles. The van der Waals surface area contributed by atoms with E-state index in [9.17, 15) is 0 Å². The molecule has 3 aromatic rings. The molecule has 0 radical (unpaired) electrons. The Balaban J connectivity index is 1.86. The first-order valence-electron chi connectivity index (χ1n) is 8.54. The maximum absolute atomic E-state index is 6.28. The minimum atomic E-state index is 0.861. The number of aryl methyl sites for hydroxylation is 1. The Morgan fingerprint density at radius 1 is 0.833 bits per heavy atom. The molecular weight excluding hydrogens is 296 g/mol. The molecule has 0 bridgehead atoms. The quantitative estimate of drug-likeness (QED) is 0.571. The molecule has 0 atom stereocenters. The Labute approximate surface area is 142 Å². The number of fused-ring (bicyclic) bond motifs is 1. The van der Waals surface area contributed by atoms with E-state index in [2.05, 4.69) is 48.5 Å². The Hall–Kier alpha value is -2.61. The van der Waals surface area contributed by atoms with E-state index >= 15 is 0 Å². The molecule has 1 aliphatic carbocycles. The molecular formula is C22H21O2+. The predicted molar refractivity (Wildman–Crippen MR) is 97.2 cm³/mol. The van der Waals surface area contributed by atoms with Crippen LogP contribution in [0.2, 0.25) is 0 Å². The summed E-state index contributed by atoms with van der Waals surface area (Å²) in [6, 6.07) is 20.9. The van der Waals surface area contributed by atoms with Gasteiger partial charge in [-0.3, -0.25) is 0 Å². The van der Waals surface area contributed by atoms with Crippen molar-refractivity contribution in [2.24, 2.45) is 0 Å².